The lowest BCUT2D eigenvalue weighted by Crippen LogP contribution is -2.29. The zero-order valence-corrected chi connectivity index (χ0v) is 18.0. The van der Waals surface area contributed by atoms with Crippen LogP contribution in [0, 0.1) is 18.3 Å². The second kappa shape index (κ2) is 10.2. The molecule has 0 saturated heterocycles. The zero-order chi connectivity index (χ0) is 22.3. The third-order valence-corrected chi connectivity index (χ3v) is 5.60. The fraction of sp³-hybridized carbons (Fsp3) is 0.375. The SMILES string of the molecule is Cc1ccc(Oc2ncncc2CCc2ncc(C#N)c(NC3CCC(O)CC3)n2)cc1. The molecule has 0 spiro atoms. The number of rotatable bonds is 7. The Morgan fingerprint density at radius 3 is 2.62 bits per heavy atom. The molecule has 2 heterocycles. The number of ether oxygens (including phenoxy) is 1. The third-order valence-electron chi connectivity index (χ3n) is 5.60. The van der Waals surface area contributed by atoms with Crippen molar-refractivity contribution < 1.29 is 9.84 Å². The van der Waals surface area contributed by atoms with Gasteiger partial charge in [-0.25, -0.2) is 19.9 Å². The number of anilines is 1. The van der Waals surface area contributed by atoms with E-state index < -0.39 is 0 Å². The molecule has 32 heavy (non-hydrogen) atoms. The van der Waals surface area contributed by atoms with Gasteiger partial charge in [0.25, 0.3) is 0 Å². The van der Waals surface area contributed by atoms with Crippen molar-refractivity contribution in [2.24, 2.45) is 0 Å². The number of hydrogen-bond donors (Lipinski definition) is 2. The summed E-state index contributed by atoms with van der Waals surface area (Å²) in [7, 11) is 0. The summed E-state index contributed by atoms with van der Waals surface area (Å²) in [6.45, 7) is 2.03. The second-order valence-corrected chi connectivity index (χ2v) is 8.08. The lowest BCUT2D eigenvalue weighted by molar-refractivity contribution is 0.126. The van der Waals surface area contributed by atoms with Gasteiger partial charge in [-0.05, 0) is 51.2 Å². The summed E-state index contributed by atoms with van der Waals surface area (Å²) in [6, 6.07) is 10.2. The topological polar surface area (TPSA) is 117 Å². The number of benzene rings is 1. The largest absolute Gasteiger partial charge is 0.439 e. The predicted octanol–water partition coefficient (Wildman–Crippen LogP) is 3.74. The lowest BCUT2D eigenvalue weighted by atomic mass is 9.93. The van der Waals surface area contributed by atoms with Crippen LogP contribution in [0.15, 0.2) is 43.0 Å². The fourth-order valence-corrected chi connectivity index (χ4v) is 3.72. The Hall–Kier alpha value is -3.57. The van der Waals surface area contributed by atoms with Crippen LogP contribution in [0.3, 0.4) is 0 Å². The maximum Gasteiger partial charge on any atom is 0.225 e. The lowest BCUT2D eigenvalue weighted by Gasteiger charge is -2.26. The van der Waals surface area contributed by atoms with Crippen molar-refractivity contribution in [2.45, 2.75) is 57.6 Å². The molecule has 1 fully saturated rings. The molecular formula is C24H26N6O2. The first-order valence-electron chi connectivity index (χ1n) is 10.8. The molecule has 1 aromatic carbocycles. The Morgan fingerprint density at radius 1 is 1.09 bits per heavy atom. The molecule has 0 atom stereocenters. The molecule has 0 aliphatic heterocycles. The normalized spacial score (nSPS) is 18.0. The van der Waals surface area contributed by atoms with Gasteiger partial charge < -0.3 is 15.2 Å². The van der Waals surface area contributed by atoms with Crippen LogP contribution in [-0.4, -0.2) is 37.2 Å². The fourth-order valence-electron chi connectivity index (χ4n) is 3.72. The molecule has 0 bridgehead atoms. The molecule has 0 radical (unpaired) electrons. The minimum absolute atomic E-state index is 0.199. The Kier molecular flexibility index (Phi) is 6.87. The second-order valence-electron chi connectivity index (χ2n) is 8.08. The van der Waals surface area contributed by atoms with E-state index >= 15 is 0 Å². The van der Waals surface area contributed by atoms with Gasteiger partial charge in [0.15, 0.2) is 0 Å². The first-order valence-corrected chi connectivity index (χ1v) is 10.8. The molecular weight excluding hydrogens is 404 g/mol. The average molecular weight is 431 g/mol. The highest BCUT2D eigenvalue weighted by atomic mass is 16.5. The van der Waals surface area contributed by atoms with Gasteiger partial charge in [0.05, 0.1) is 12.3 Å². The van der Waals surface area contributed by atoms with Crippen LogP contribution in [0.2, 0.25) is 0 Å². The van der Waals surface area contributed by atoms with Crippen LogP contribution in [0.1, 0.15) is 48.2 Å². The maximum atomic E-state index is 9.72. The van der Waals surface area contributed by atoms with Crippen molar-refractivity contribution in [1.29, 1.82) is 5.26 Å². The smallest absolute Gasteiger partial charge is 0.225 e. The quantitative estimate of drug-likeness (QED) is 0.582. The van der Waals surface area contributed by atoms with Crippen LogP contribution in [-0.2, 0) is 12.8 Å². The molecule has 2 N–H and O–H groups in total. The molecule has 3 aromatic rings. The van der Waals surface area contributed by atoms with Gasteiger partial charge in [-0.15, -0.1) is 0 Å². The minimum atomic E-state index is -0.228. The monoisotopic (exact) mass is 430 g/mol. The first-order chi connectivity index (χ1) is 15.6. The van der Waals surface area contributed by atoms with Crippen LogP contribution in [0.4, 0.5) is 5.82 Å². The van der Waals surface area contributed by atoms with E-state index in [0.717, 1.165) is 36.8 Å². The number of nitriles is 1. The van der Waals surface area contributed by atoms with Gasteiger partial charge in [0, 0.05) is 24.2 Å². The van der Waals surface area contributed by atoms with Gasteiger partial charge >= 0.3 is 0 Å². The highest BCUT2D eigenvalue weighted by Crippen LogP contribution is 2.25. The number of hydrogen-bond acceptors (Lipinski definition) is 8. The van der Waals surface area contributed by atoms with Crippen molar-refractivity contribution in [3.63, 3.8) is 0 Å². The molecule has 0 amide bonds. The molecule has 1 aliphatic carbocycles. The summed E-state index contributed by atoms with van der Waals surface area (Å²) in [5.74, 6) is 2.41. The molecule has 164 valence electrons. The number of nitrogens with zero attached hydrogens (tertiary/aromatic N) is 5. The number of aliphatic hydroxyl groups excluding tert-OH is 1. The molecule has 2 aromatic heterocycles. The Balaban J connectivity index is 1.45. The Morgan fingerprint density at radius 2 is 1.88 bits per heavy atom. The van der Waals surface area contributed by atoms with Crippen molar-refractivity contribution in [1.82, 2.24) is 19.9 Å². The summed E-state index contributed by atoms with van der Waals surface area (Å²) in [5, 5.41) is 22.5. The van der Waals surface area contributed by atoms with Gasteiger partial charge in [-0.1, -0.05) is 17.7 Å². The highest BCUT2D eigenvalue weighted by Gasteiger charge is 2.21. The summed E-state index contributed by atoms with van der Waals surface area (Å²) in [5.41, 5.74) is 2.44. The van der Waals surface area contributed by atoms with Crippen molar-refractivity contribution in [2.75, 3.05) is 5.32 Å². The zero-order valence-electron chi connectivity index (χ0n) is 18.0. The van der Waals surface area contributed by atoms with Crippen LogP contribution in [0.5, 0.6) is 11.6 Å². The average Bonchev–Trinajstić information content (AvgIpc) is 2.81. The van der Waals surface area contributed by atoms with Crippen molar-refractivity contribution in [3.05, 3.63) is 65.5 Å². The van der Waals surface area contributed by atoms with E-state index in [1.807, 2.05) is 31.2 Å². The molecule has 8 nitrogen and oxygen atoms in total. The van der Waals surface area contributed by atoms with Crippen LogP contribution < -0.4 is 10.1 Å². The van der Waals surface area contributed by atoms with E-state index in [1.165, 1.54) is 6.33 Å². The van der Waals surface area contributed by atoms with Crippen LogP contribution in [0.25, 0.3) is 0 Å². The van der Waals surface area contributed by atoms with Gasteiger partial charge in [-0.2, -0.15) is 5.26 Å². The summed E-state index contributed by atoms with van der Waals surface area (Å²) in [4.78, 5) is 17.4. The molecule has 8 heteroatoms. The number of nitrogens with one attached hydrogen (secondary N) is 1. The third kappa shape index (κ3) is 5.56. The van der Waals surface area contributed by atoms with Crippen molar-refractivity contribution in [3.8, 4) is 17.7 Å². The maximum absolute atomic E-state index is 9.72. The van der Waals surface area contributed by atoms with E-state index in [1.54, 1.807) is 12.4 Å². The minimum Gasteiger partial charge on any atom is -0.439 e. The molecule has 0 unspecified atom stereocenters. The van der Waals surface area contributed by atoms with Crippen LogP contribution >= 0.6 is 0 Å². The van der Waals surface area contributed by atoms with Gasteiger partial charge in [0.1, 0.15) is 35.4 Å². The van der Waals surface area contributed by atoms with E-state index in [0.29, 0.717) is 41.7 Å². The van der Waals surface area contributed by atoms with Gasteiger partial charge in [0.2, 0.25) is 5.88 Å². The molecule has 4 rings (SSSR count). The molecule has 1 aliphatic rings. The standard InChI is InChI=1S/C24H26N6O2/c1-16-2-9-21(10-3-16)32-24-17(13-26-15-28-24)4-11-22-27-14-18(12-25)23(30-22)29-19-5-7-20(31)8-6-19/h2-3,9-10,13-15,19-20,31H,4-8,11H2,1H3,(H,27,29,30). The number of aliphatic hydroxyl groups is 1. The Labute approximate surface area is 187 Å². The number of aromatic nitrogens is 4. The number of aryl methyl sites for hydroxylation is 3. The highest BCUT2D eigenvalue weighted by molar-refractivity contribution is 5.51. The Bertz CT molecular complexity index is 1090. The molecule has 1 saturated carbocycles. The van der Waals surface area contributed by atoms with Gasteiger partial charge in [-0.3, -0.25) is 0 Å². The summed E-state index contributed by atoms with van der Waals surface area (Å²) >= 11 is 0. The first kappa shape index (κ1) is 21.7. The summed E-state index contributed by atoms with van der Waals surface area (Å²) < 4.78 is 5.95. The predicted molar refractivity (Wildman–Crippen MR) is 119 cm³/mol. The van der Waals surface area contributed by atoms with E-state index in [-0.39, 0.29) is 12.1 Å². The van der Waals surface area contributed by atoms with E-state index in [9.17, 15) is 10.4 Å². The van der Waals surface area contributed by atoms with E-state index in [4.69, 9.17) is 4.74 Å². The van der Waals surface area contributed by atoms with Crippen molar-refractivity contribution >= 4 is 5.82 Å². The van der Waals surface area contributed by atoms with E-state index in [2.05, 4.69) is 31.3 Å². The summed E-state index contributed by atoms with van der Waals surface area (Å²) in [6.07, 6.45) is 8.93.